The van der Waals surface area contributed by atoms with Crippen molar-refractivity contribution in [1.82, 2.24) is 4.90 Å². The van der Waals surface area contributed by atoms with Gasteiger partial charge < -0.3 is 20.5 Å². The molecule has 2 amide bonds. The van der Waals surface area contributed by atoms with Crippen LogP contribution in [0.2, 0.25) is 0 Å². The minimum absolute atomic E-state index is 0.0176. The number of carbonyl (C=O) groups excluding carboxylic acids is 3. The zero-order valence-corrected chi connectivity index (χ0v) is 14.0. The molecule has 24 heavy (non-hydrogen) atoms. The quantitative estimate of drug-likeness (QED) is 0.789. The summed E-state index contributed by atoms with van der Waals surface area (Å²) in [7, 11) is 0. The van der Waals surface area contributed by atoms with Gasteiger partial charge in [-0.05, 0) is 44.9 Å². The lowest BCUT2D eigenvalue weighted by molar-refractivity contribution is -0.155. The minimum Gasteiger partial charge on any atom is -0.508 e. The number of amides is 2. The van der Waals surface area contributed by atoms with Gasteiger partial charge in [0.1, 0.15) is 17.4 Å². The monoisotopic (exact) mass is 334 g/mol. The molecule has 0 saturated heterocycles. The Bertz CT molecular complexity index is 678. The van der Waals surface area contributed by atoms with E-state index >= 15 is 0 Å². The summed E-state index contributed by atoms with van der Waals surface area (Å²) in [6, 6.07) is 3.58. The van der Waals surface area contributed by atoms with E-state index in [0.29, 0.717) is 11.1 Å². The molecule has 130 valence electrons. The predicted molar refractivity (Wildman–Crippen MR) is 86.0 cm³/mol. The van der Waals surface area contributed by atoms with Crippen molar-refractivity contribution < 1.29 is 24.2 Å². The number of hydrogen-bond acceptors (Lipinski definition) is 5. The summed E-state index contributed by atoms with van der Waals surface area (Å²) in [4.78, 5) is 37.4. The van der Waals surface area contributed by atoms with E-state index in [1.165, 1.54) is 17.0 Å². The van der Waals surface area contributed by atoms with Crippen molar-refractivity contribution in [2.24, 2.45) is 5.73 Å². The van der Waals surface area contributed by atoms with Crippen LogP contribution in [-0.4, -0.2) is 39.4 Å². The molecule has 1 unspecified atom stereocenters. The van der Waals surface area contributed by atoms with Crippen molar-refractivity contribution in [3.8, 4) is 5.75 Å². The summed E-state index contributed by atoms with van der Waals surface area (Å²) in [6.45, 7) is 5.48. The smallest absolute Gasteiger partial charge is 0.306 e. The van der Waals surface area contributed by atoms with Crippen LogP contribution in [0.25, 0.3) is 0 Å². The van der Waals surface area contributed by atoms with Crippen LogP contribution in [0.15, 0.2) is 18.2 Å². The highest BCUT2D eigenvalue weighted by Crippen LogP contribution is 2.28. The van der Waals surface area contributed by atoms with Gasteiger partial charge in [-0.3, -0.25) is 14.4 Å². The van der Waals surface area contributed by atoms with Crippen molar-refractivity contribution in [1.29, 1.82) is 0 Å². The maximum Gasteiger partial charge on any atom is 0.306 e. The number of phenols is 1. The first-order valence-corrected chi connectivity index (χ1v) is 7.72. The molecule has 1 aromatic rings. The van der Waals surface area contributed by atoms with Crippen LogP contribution in [0, 0.1) is 0 Å². The van der Waals surface area contributed by atoms with Crippen LogP contribution in [0.3, 0.4) is 0 Å². The fourth-order valence-electron chi connectivity index (χ4n) is 2.66. The summed E-state index contributed by atoms with van der Waals surface area (Å²) in [5, 5.41) is 9.51. The molecule has 0 radical (unpaired) electrons. The Labute approximate surface area is 140 Å². The maximum absolute atomic E-state index is 12.5. The van der Waals surface area contributed by atoms with Crippen LogP contribution >= 0.6 is 0 Å². The number of rotatable bonds is 5. The van der Waals surface area contributed by atoms with Gasteiger partial charge in [-0.1, -0.05) is 6.07 Å². The molecule has 2 rings (SSSR count). The molecule has 0 aromatic heterocycles. The topological polar surface area (TPSA) is 110 Å². The van der Waals surface area contributed by atoms with Crippen LogP contribution in [0.4, 0.5) is 0 Å². The number of esters is 1. The van der Waals surface area contributed by atoms with E-state index in [1.807, 2.05) is 0 Å². The first-order chi connectivity index (χ1) is 11.1. The fourth-order valence-corrected chi connectivity index (χ4v) is 2.66. The van der Waals surface area contributed by atoms with Gasteiger partial charge in [-0.2, -0.15) is 0 Å². The van der Waals surface area contributed by atoms with Gasteiger partial charge in [-0.15, -0.1) is 0 Å². The molecule has 1 heterocycles. The third-order valence-electron chi connectivity index (χ3n) is 3.67. The molecule has 0 aliphatic carbocycles. The predicted octanol–water partition coefficient (Wildman–Crippen LogP) is 1.32. The van der Waals surface area contributed by atoms with Gasteiger partial charge in [0.2, 0.25) is 5.91 Å². The van der Waals surface area contributed by atoms with Crippen molar-refractivity contribution in [3.63, 3.8) is 0 Å². The number of phenolic OH excluding ortho intramolecular Hbond substituents is 1. The number of aromatic hydroxyl groups is 1. The molecule has 0 spiro atoms. The van der Waals surface area contributed by atoms with E-state index in [9.17, 15) is 19.5 Å². The number of carbonyl (C=O) groups is 3. The Balaban J connectivity index is 2.08. The molecule has 3 N–H and O–H groups in total. The lowest BCUT2D eigenvalue weighted by atomic mass is 10.1. The highest BCUT2D eigenvalue weighted by atomic mass is 16.6. The Kier molecular flexibility index (Phi) is 4.82. The molecule has 7 nitrogen and oxygen atoms in total. The molecule has 0 fully saturated rings. The minimum atomic E-state index is -0.903. The van der Waals surface area contributed by atoms with Crippen molar-refractivity contribution in [3.05, 3.63) is 29.3 Å². The van der Waals surface area contributed by atoms with Crippen LogP contribution < -0.4 is 5.73 Å². The van der Waals surface area contributed by atoms with E-state index in [0.717, 1.165) is 0 Å². The van der Waals surface area contributed by atoms with E-state index in [2.05, 4.69) is 0 Å². The average molecular weight is 334 g/mol. The molecule has 7 heteroatoms. The number of ether oxygens (including phenoxy) is 1. The number of primary amides is 1. The highest BCUT2D eigenvalue weighted by Gasteiger charge is 2.36. The van der Waals surface area contributed by atoms with Crippen molar-refractivity contribution in [2.45, 2.75) is 51.8 Å². The summed E-state index contributed by atoms with van der Waals surface area (Å²) in [5.74, 6) is -1.53. The zero-order valence-electron chi connectivity index (χ0n) is 14.0. The molecule has 0 bridgehead atoms. The second kappa shape index (κ2) is 6.51. The molecule has 1 aliphatic rings. The Morgan fingerprint density at radius 2 is 2.04 bits per heavy atom. The first kappa shape index (κ1) is 17.8. The Hall–Kier alpha value is -2.57. The second-order valence-corrected chi connectivity index (χ2v) is 6.82. The van der Waals surface area contributed by atoms with Crippen molar-refractivity contribution in [2.75, 3.05) is 0 Å². The van der Waals surface area contributed by atoms with E-state index in [4.69, 9.17) is 10.5 Å². The Morgan fingerprint density at radius 1 is 1.38 bits per heavy atom. The molecular weight excluding hydrogens is 312 g/mol. The Morgan fingerprint density at radius 3 is 2.62 bits per heavy atom. The molecule has 1 atom stereocenters. The number of hydrogen-bond donors (Lipinski definition) is 2. The standard InChI is InChI=1S/C17H22N2O5/c1-17(2,3)24-14(21)7-6-13(15(18)22)19-9-10-4-5-11(20)8-12(10)16(19)23/h4-5,8,13,20H,6-7,9H2,1-3H3,(H2,18,22). The lowest BCUT2D eigenvalue weighted by Gasteiger charge is -2.25. The molecule has 0 saturated carbocycles. The molecule has 1 aromatic carbocycles. The SMILES string of the molecule is CC(C)(C)OC(=O)CCC(C(N)=O)N1Cc2ccc(O)cc2C1=O. The molecule has 1 aliphatic heterocycles. The maximum atomic E-state index is 12.5. The van der Waals surface area contributed by atoms with Gasteiger partial charge in [0.15, 0.2) is 0 Å². The third-order valence-corrected chi connectivity index (χ3v) is 3.67. The number of nitrogens with two attached hydrogens (primary N) is 1. The van der Waals surface area contributed by atoms with Gasteiger partial charge >= 0.3 is 5.97 Å². The van der Waals surface area contributed by atoms with E-state index in [1.54, 1.807) is 26.8 Å². The summed E-state index contributed by atoms with van der Waals surface area (Å²) in [5.41, 5.74) is 5.86. The lowest BCUT2D eigenvalue weighted by Crippen LogP contribution is -2.45. The average Bonchev–Trinajstić information content (AvgIpc) is 2.74. The first-order valence-electron chi connectivity index (χ1n) is 7.72. The summed E-state index contributed by atoms with van der Waals surface area (Å²) in [6.07, 6.45) is 0.0756. The largest absolute Gasteiger partial charge is 0.508 e. The summed E-state index contributed by atoms with van der Waals surface area (Å²) >= 11 is 0. The van der Waals surface area contributed by atoms with Crippen LogP contribution in [0.1, 0.15) is 49.5 Å². The van der Waals surface area contributed by atoms with Gasteiger partial charge in [0.05, 0.1) is 0 Å². The second-order valence-electron chi connectivity index (χ2n) is 6.82. The van der Waals surface area contributed by atoms with E-state index in [-0.39, 0.29) is 31.0 Å². The van der Waals surface area contributed by atoms with Crippen LogP contribution in [0.5, 0.6) is 5.75 Å². The van der Waals surface area contributed by atoms with Crippen molar-refractivity contribution >= 4 is 17.8 Å². The molecular formula is C17H22N2O5. The number of fused-ring (bicyclic) bond motifs is 1. The zero-order chi connectivity index (χ0) is 18.1. The highest BCUT2D eigenvalue weighted by molar-refractivity contribution is 6.01. The van der Waals surface area contributed by atoms with Gasteiger partial charge in [0.25, 0.3) is 5.91 Å². The van der Waals surface area contributed by atoms with E-state index < -0.39 is 23.5 Å². The number of benzene rings is 1. The number of nitrogens with zero attached hydrogens (tertiary/aromatic N) is 1. The van der Waals surface area contributed by atoms with Crippen LogP contribution in [-0.2, 0) is 20.9 Å². The third kappa shape index (κ3) is 4.04. The fraction of sp³-hybridized carbons (Fsp3) is 0.471. The summed E-state index contributed by atoms with van der Waals surface area (Å²) < 4.78 is 5.21. The van der Waals surface area contributed by atoms with Gasteiger partial charge in [0, 0.05) is 18.5 Å². The normalized spacial score (nSPS) is 15.1. The van der Waals surface area contributed by atoms with Gasteiger partial charge in [-0.25, -0.2) is 0 Å².